The smallest absolute Gasteiger partial charge is 0.269 e. The molecule has 1 amide bonds. The van der Waals surface area contributed by atoms with Gasteiger partial charge in [0.25, 0.3) is 11.5 Å². The summed E-state index contributed by atoms with van der Waals surface area (Å²) in [5.41, 5.74) is 1.25. The molecule has 2 aromatic heterocycles. The summed E-state index contributed by atoms with van der Waals surface area (Å²) in [5.74, 6) is 0.712. The van der Waals surface area contributed by atoms with Crippen molar-refractivity contribution in [3.8, 4) is 11.5 Å². The Morgan fingerprint density at radius 2 is 1.93 bits per heavy atom. The van der Waals surface area contributed by atoms with E-state index in [9.17, 15) is 9.59 Å². The van der Waals surface area contributed by atoms with E-state index in [0.29, 0.717) is 42.6 Å². The molecule has 0 saturated carbocycles. The summed E-state index contributed by atoms with van der Waals surface area (Å²) < 4.78 is 12.9. The number of carbonyl (C=O) groups excluding carboxylic acids is 1. The van der Waals surface area contributed by atoms with Crippen LogP contribution in [-0.2, 0) is 0 Å². The average Bonchev–Trinajstić information content (AvgIpc) is 3.25. The molecule has 2 aromatic carbocycles. The van der Waals surface area contributed by atoms with Gasteiger partial charge in [-0.05, 0) is 30.4 Å². The maximum atomic E-state index is 12.7. The molecule has 0 unspecified atom stereocenters. The number of ether oxygens (including phenoxy) is 2. The Morgan fingerprint density at radius 1 is 1.19 bits per heavy atom. The normalized spacial score (nSPS) is 12.6. The number of fused-ring (bicyclic) bond motifs is 4. The molecule has 0 aliphatic carbocycles. The third kappa shape index (κ3) is 2.51. The molecule has 0 saturated heterocycles. The average molecular weight is 397 g/mol. The summed E-state index contributed by atoms with van der Waals surface area (Å²) in [7, 11) is 0. The Kier molecular flexibility index (Phi) is 3.52. The highest BCUT2D eigenvalue weighted by atomic mass is 32.1. The van der Waals surface area contributed by atoms with Gasteiger partial charge in [0, 0.05) is 11.8 Å². The highest BCUT2D eigenvalue weighted by Crippen LogP contribution is 2.36. The molecule has 1 aliphatic heterocycles. The summed E-state index contributed by atoms with van der Waals surface area (Å²) in [6.45, 7) is 0.104. The second-order valence-electron chi connectivity index (χ2n) is 5.88. The Balaban J connectivity index is 1.73. The van der Waals surface area contributed by atoms with Crippen LogP contribution in [0.3, 0.4) is 0 Å². The molecular weight excluding hydrogens is 386 g/mol. The van der Waals surface area contributed by atoms with Crippen molar-refractivity contribution in [1.29, 1.82) is 0 Å². The fourth-order valence-electron chi connectivity index (χ4n) is 3.04. The second kappa shape index (κ2) is 5.93. The van der Waals surface area contributed by atoms with Crippen LogP contribution in [0.15, 0.2) is 47.3 Å². The highest BCUT2D eigenvalue weighted by molar-refractivity contribution is 7.73. The number of aromatic nitrogens is 2. The van der Waals surface area contributed by atoms with Crippen LogP contribution in [0.5, 0.6) is 11.5 Å². The van der Waals surface area contributed by atoms with Crippen LogP contribution >= 0.6 is 23.6 Å². The van der Waals surface area contributed by atoms with Crippen LogP contribution < -0.4 is 20.3 Å². The van der Waals surface area contributed by atoms with Crippen molar-refractivity contribution in [2.75, 3.05) is 12.1 Å². The van der Waals surface area contributed by atoms with E-state index in [4.69, 9.17) is 21.7 Å². The number of thiazole rings is 1. The number of hydrogen-bond acceptors (Lipinski definition) is 6. The summed E-state index contributed by atoms with van der Waals surface area (Å²) in [6.07, 6.45) is 0. The molecule has 7 nitrogen and oxygen atoms in total. The monoisotopic (exact) mass is 397 g/mol. The van der Waals surface area contributed by atoms with Crippen LogP contribution in [0.1, 0.15) is 9.67 Å². The van der Waals surface area contributed by atoms with Gasteiger partial charge in [0.2, 0.25) is 6.79 Å². The summed E-state index contributed by atoms with van der Waals surface area (Å²) in [4.78, 5) is 28.5. The summed E-state index contributed by atoms with van der Waals surface area (Å²) in [6, 6.07) is 12.4. The van der Waals surface area contributed by atoms with E-state index in [2.05, 4.69) is 10.3 Å². The van der Waals surface area contributed by atoms with E-state index in [1.807, 2.05) is 18.2 Å². The Labute approximate surface area is 160 Å². The molecule has 0 atom stereocenters. The first-order valence-electron chi connectivity index (χ1n) is 7.99. The van der Waals surface area contributed by atoms with E-state index in [1.54, 1.807) is 28.7 Å². The number of para-hydroxylation sites is 1. The van der Waals surface area contributed by atoms with Gasteiger partial charge in [-0.25, -0.2) is 0 Å². The van der Waals surface area contributed by atoms with Crippen LogP contribution in [0.2, 0.25) is 0 Å². The number of aromatic amines is 1. The maximum absolute atomic E-state index is 12.7. The minimum absolute atomic E-state index is 0.104. The van der Waals surface area contributed by atoms with Gasteiger partial charge in [-0.1, -0.05) is 29.5 Å². The van der Waals surface area contributed by atoms with Gasteiger partial charge in [0.15, 0.2) is 15.5 Å². The molecule has 134 valence electrons. The number of H-pyrrole nitrogens is 1. The fraction of sp³-hybridized carbons (Fsp3) is 0.0556. The number of anilines is 1. The van der Waals surface area contributed by atoms with E-state index in [-0.39, 0.29) is 18.3 Å². The summed E-state index contributed by atoms with van der Waals surface area (Å²) >= 11 is 6.60. The van der Waals surface area contributed by atoms with Crippen LogP contribution in [0.4, 0.5) is 5.69 Å². The van der Waals surface area contributed by atoms with Gasteiger partial charge in [-0.3, -0.25) is 14.0 Å². The zero-order valence-corrected chi connectivity index (χ0v) is 15.3. The van der Waals surface area contributed by atoms with Gasteiger partial charge < -0.3 is 19.8 Å². The first-order valence-corrected chi connectivity index (χ1v) is 9.22. The number of nitrogens with zero attached hydrogens (tertiary/aromatic N) is 1. The first kappa shape index (κ1) is 16.0. The minimum atomic E-state index is -0.337. The molecule has 5 rings (SSSR count). The lowest BCUT2D eigenvalue weighted by Gasteiger charge is -2.06. The fourth-order valence-corrected chi connectivity index (χ4v) is 4.32. The second-order valence-corrected chi connectivity index (χ2v) is 7.52. The maximum Gasteiger partial charge on any atom is 0.269 e. The Hall–Kier alpha value is -3.17. The Morgan fingerprint density at radius 3 is 2.70 bits per heavy atom. The van der Waals surface area contributed by atoms with Gasteiger partial charge >= 0.3 is 0 Å². The molecule has 0 bridgehead atoms. The molecule has 9 heteroatoms. The third-order valence-corrected chi connectivity index (χ3v) is 5.63. The molecular formula is C18H11N3O4S2. The number of carbonyl (C=O) groups is 1. The molecule has 0 fully saturated rings. The van der Waals surface area contributed by atoms with Crippen molar-refractivity contribution in [2.45, 2.75) is 0 Å². The van der Waals surface area contributed by atoms with Crippen molar-refractivity contribution in [3.05, 3.63) is 61.6 Å². The molecule has 1 aliphatic rings. The molecule has 0 spiro atoms. The molecule has 4 aromatic rings. The van der Waals surface area contributed by atoms with Gasteiger partial charge in [0.05, 0.1) is 10.9 Å². The van der Waals surface area contributed by atoms with Crippen molar-refractivity contribution >= 4 is 51.7 Å². The lowest BCUT2D eigenvalue weighted by Crippen LogP contribution is -2.14. The number of nitrogens with one attached hydrogen (secondary N) is 2. The van der Waals surface area contributed by atoms with Crippen LogP contribution in [-0.4, -0.2) is 22.1 Å². The highest BCUT2D eigenvalue weighted by Gasteiger charge is 2.21. The van der Waals surface area contributed by atoms with Crippen molar-refractivity contribution < 1.29 is 14.3 Å². The molecule has 0 radical (unpaired) electrons. The third-order valence-electron chi connectivity index (χ3n) is 4.26. The van der Waals surface area contributed by atoms with Crippen LogP contribution in [0.25, 0.3) is 16.6 Å². The van der Waals surface area contributed by atoms with Crippen molar-refractivity contribution in [1.82, 2.24) is 9.38 Å². The van der Waals surface area contributed by atoms with Gasteiger partial charge in [0.1, 0.15) is 10.5 Å². The van der Waals surface area contributed by atoms with E-state index >= 15 is 0 Å². The quantitative estimate of drug-likeness (QED) is 0.505. The standard InChI is InChI=1S/C18H11N3O4S2/c22-16-10-6-12-13(25-8-24-12)7-11(10)21-15(20-16)14(27-18(21)26)17(23)19-9-4-2-1-3-5-9/h1-7H,8H2,(H,19,23)(H,20,22). The lowest BCUT2D eigenvalue weighted by atomic mass is 10.2. The minimum Gasteiger partial charge on any atom is -0.454 e. The largest absolute Gasteiger partial charge is 0.454 e. The zero-order chi connectivity index (χ0) is 18.5. The van der Waals surface area contributed by atoms with Crippen LogP contribution in [0, 0.1) is 3.95 Å². The topological polar surface area (TPSA) is 84.8 Å². The van der Waals surface area contributed by atoms with Gasteiger partial charge in [-0.2, -0.15) is 0 Å². The number of hydrogen-bond donors (Lipinski definition) is 2. The SMILES string of the molecule is O=C(Nc1ccccc1)c1sc(=S)n2c1[nH]c(=O)c1cc3c(cc12)OCO3. The molecule has 27 heavy (non-hydrogen) atoms. The van der Waals surface area contributed by atoms with E-state index in [0.717, 1.165) is 11.3 Å². The van der Waals surface area contributed by atoms with E-state index in [1.165, 1.54) is 0 Å². The predicted molar refractivity (Wildman–Crippen MR) is 105 cm³/mol. The lowest BCUT2D eigenvalue weighted by molar-refractivity contribution is 0.103. The van der Waals surface area contributed by atoms with E-state index < -0.39 is 0 Å². The van der Waals surface area contributed by atoms with Crippen molar-refractivity contribution in [3.63, 3.8) is 0 Å². The zero-order valence-electron chi connectivity index (χ0n) is 13.6. The Bertz CT molecular complexity index is 1340. The predicted octanol–water partition coefficient (Wildman–Crippen LogP) is 3.55. The molecule has 2 N–H and O–H groups in total. The first-order chi connectivity index (χ1) is 13.1. The number of rotatable bonds is 2. The summed E-state index contributed by atoms with van der Waals surface area (Å²) in [5, 5.41) is 3.23. The van der Waals surface area contributed by atoms with Gasteiger partial charge in [-0.15, -0.1) is 0 Å². The number of benzene rings is 2. The molecule has 3 heterocycles. The number of amides is 1. The van der Waals surface area contributed by atoms with Crippen molar-refractivity contribution in [2.24, 2.45) is 0 Å².